The van der Waals surface area contributed by atoms with Crippen molar-refractivity contribution in [3.63, 3.8) is 0 Å². The molecule has 4 N–H and O–H groups in total. The van der Waals surface area contributed by atoms with E-state index >= 15 is 0 Å². The largest absolute Gasteiger partial charge is 0.543 e. The van der Waals surface area contributed by atoms with E-state index in [9.17, 15) is 29.4 Å². The van der Waals surface area contributed by atoms with Crippen LogP contribution in [0.5, 0.6) is 0 Å². The molecule has 0 spiro atoms. The quantitative estimate of drug-likeness (QED) is 0.0602. The second-order valence-electron chi connectivity index (χ2n) is 8.34. The minimum absolute atomic E-state index is 0.0893. The number of fused-ring (bicyclic) bond motifs is 2. The molecule has 1 fully saturated rings. The first-order valence-corrected chi connectivity index (χ1v) is 13.5. The fourth-order valence-electron chi connectivity index (χ4n) is 4.34. The van der Waals surface area contributed by atoms with Crippen molar-refractivity contribution >= 4 is 80.6 Å². The predicted molar refractivity (Wildman–Crippen MR) is 142 cm³/mol. The van der Waals surface area contributed by atoms with Crippen molar-refractivity contribution in [1.82, 2.24) is 24.1 Å². The number of thiocarbonyl (C=S) groups is 1. The SMILES string of the molecule is CO/N=C(\C(=O)N[C@@H]1C(=O)N2C(C(=O)[O-])=C(C(=S)c3cccc4n(CC(=O)O)cc[n+]34)CS[C@@H]12)c1nsc(N)n1. The lowest BCUT2D eigenvalue weighted by Crippen LogP contribution is -2.71. The van der Waals surface area contributed by atoms with Gasteiger partial charge in [0.2, 0.25) is 11.5 Å². The summed E-state index contributed by atoms with van der Waals surface area (Å²) in [6, 6.07) is 3.94. The van der Waals surface area contributed by atoms with Gasteiger partial charge in [-0.25, -0.2) is 9.36 Å². The van der Waals surface area contributed by atoms with Gasteiger partial charge >= 0.3 is 5.97 Å². The number of hydrogen-bond donors (Lipinski definition) is 3. The molecule has 0 radical (unpaired) electrons. The van der Waals surface area contributed by atoms with Crippen LogP contribution in [-0.2, 0) is 30.6 Å². The number of rotatable bonds is 9. The molecule has 0 saturated carbocycles. The topological polar surface area (TPSA) is 209 Å². The molecule has 0 unspecified atom stereocenters. The zero-order valence-corrected chi connectivity index (χ0v) is 22.8. The highest BCUT2D eigenvalue weighted by Crippen LogP contribution is 2.41. The van der Waals surface area contributed by atoms with E-state index in [0.717, 1.165) is 16.4 Å². The monoisotopic (exact) mass is 602 g/mol. The number of oxime groups is 1. The van der Waals surface area contributed by atoms with E-state index in [4.69, 9.17) is 22.8 Å². The summed E-state index contributed by atoms with van der Waals surface area (Å²) in [5.74, 6) is -4.13. The van der Waals surface area contributed by atoms with Crippen molar-refractivity contribution < 1.29 is 38.6 Å². The Kier molecular flexibility index (Phi) is 7.21. The molecular formula is C22H18N8O7S3. The van der Waals surface area contributed by atoms with Crippen LogP contribution in [0.4, 0.5) is 5.13 Å². The van der Waals surface area contributed by atoms with Crippen LogP contribution < -0.4 is 20.6 Å². The third-order valence-corrected chi connectivity index (χ3v) is 8.29. The second-order valence-corrected chi connectivity index (χ2v) is 10.6. The summed E-state index contributed by atoms with van der Waals surface area (Å²) < 4.78 is 7.07. The first-order chi connectivity index (χ1) is 19.1. The Bertz CT molecular complexity index is 1660. The molecule has 15 nitrogen and oxygen atoms in total. The Labute approximate surface area is 238 Å². The molecule has 5 rings (SSSR count). The van der Waals surface area contributed by atoms with Gasteiger partial charge in [-0.05, 0) is 12.1 Å². The summed E-state index contributed by atoms with van der Waals surface area (Å²) in [5.41, 5.74) is 6.02. The number of carboxylic acid groups (broad SMARTS) is 2. The van der Waals surface area contributed by atoms with Crippen LogP contribution in [-0.4, -0.2) is 82.5 Å². The van der Waals surface area contributed by atoms with Crippen molar-refractivity contribution in [2.24, 2.45) is 5.16 Å². The lowest BCUT2D eigenvalue weighted by Gasteiger charge is -2.50. The number of β-lactam (4-membered cyclic amide) rings is 1. The molecule has 18 heteroatoms. The van der Waals surface area contributed by atoms with E-state index in [1.54, 1.807) is 35.0 Å². The summed E-state index contributed by atoms with van der Waals surface area (Å²) >= 11 is 7.71. The molecule has 1 saturated heterocycles. The third kappa shape index (κ3) is 4.65. The van der Waals surface area contributed by atoms with Crippen LogP contribution in [0.3, 0.4) is 0 Å². The number of anilines is 1. The summed E-state index contributed by atoms with van der Waals surface area (Å²) in [6.07, 6.45) is 3.18. The fourth-order valence-corrected chi connectivity index (χ4v) is 6.56. The van der Waals surface area contributed by atoms with E-state index < -0.39 is 40.9 Å². The number of nitrogens with two attached hydrogens (primary N) is 1. The first-order valence-electron chi connectivity index (χ1n) is 11.3. The van der Waals surface area contributed by atoms with Crippen LogP contribution in [0.2, 0.25) is 0 Å². The number of imidazole rings is 1. The normalized spacial score (nSPS) is 18.8. The number of nitrogen functional groups attached to an aromatic ring is 1. The molecule has 2 aliphatic rings. The zero-order chi connectivity index (χ0) is 28.7. The van der Waals surface area contributed by atoms with E-state index in [-0.39, 0.29) is 39.4 Å². The number of aliphatic carboxylic acids is 2. The lowest BCUT2D eigenvalue weighted by atomic mass is 10.00. The highest BCUT2D eigenvalue weighted by molar-refractivity contribution is 8.00. The van der Waals surface area contributed by atoms with Gasteiger partial charge in [0.05, 0.1) is 16.5 Å². The van der Waals surface area contributed by atoms with Gasteiger partial charge in [-0.1, -0.05) is 17.4 Å². The third-order valence-electron chi connectivity index (χ3n) is 6.01. The Hall–Kier alpha value is -4.42. The minimum atomic E-state index is -1.61. The molecule has 2 aliphatic heterocycles. The molecule has 3 aromatic heterocycles. The van der Waals surface area contributed by atoms with E-state index in [0.29, 0.717) is 11.3 Å². The van der Waals surface area contributed by atoms with E-state index in [1.807, 2.05) is 0 Å². The van der Waals surface area contributed by atoms with Gasteiger partial charge in [0.1, 0.15) is 30.9 Å². The van der Waals surface area contributed by atoms with Crippen molar-refractivity contribution in [3.05, 3.63) is 53.4 Å². The zero-order valence-electron chi connectivity index (χ0n) is 20.3. The van der Waals surface area contributed by atoms with Crippen LogP contribution >= 0.6 is 35.5 Å². The Morgan fingerprint density at radius 3 is 2.83 bits per heavy atom. The minimum Gasteiger partial charge on any atom is -0.543 e. The number of aromatic nitrogens is 4. The molecule has 0 aliphatic carbocycles. The highest BCUT2D eigenvalue weighted by atomic mass is 32.2. The maximum atomic E-state index is 13.1. The van der Waals surface area contributed by atoms with Crippen molar-refractivity contribution in [2.45, 2.75) is 18.0 Å². The average molecular weight is 603 g/mol. The molecule has 2 amide bonds. The number of thioether (sulfide) groups is 1. The van der Waals surface area contributed by atoms with E-state index in [2.05, 4.69) is 19.8 Å². The lowest BCUT2D eigenvalue weighted by molar-refractivity contribution is -0.512. The van der Waals surface area contributed by atoms with Crippen LogP contribution in [0.1, 0.15) is 11.5 Å². The number of hydrogen-bond acceptors (Lipinski definition) is 13. The number of nitrogens with zero attached hydrogens (tertiary/aromatic N) is 6. The fraction of sp³-hybridized carbons (Fsp3) is 0.227. The van der Waals surface area contributed by atoms with Gasteiger partial charge < -0.3 is 30.9 Å². The van der Waals surface area contributed by atoms with Gasteiger partial charge in [0.25, 0.3) is 17.5 Å². The molecule has 5 heterocycles. The molecule has 0 aromatic carbocycles. The van der Waals surface area contributed by atoms with Crippen LogP contribution in [0.25, 0.3) is 5.65 Å². The summed E-state index contributed by atoms with van der Waals surface area (Å²) in [5, 5.41) is 27.0. The summed E-state index contributed by atoms with van der Waals surface area (Å²) in [4.78, 5) is 59.3. The Morgan fingerprint density at radius 2 is 2.17 bits per heavy atom. The number of pyridine rings is 1. The molecular weight excluding hydrogens is 584 g/mol. The standard InChI is InChI=1S/C22H18N8O7S3/c1-37-26-13(17-25-22(23)40-27-17)18(33)24-14-19(34)30-15(21(35)36)9(8-39-20(14)30)16(38)10-3-2-4-11-28(7-12(31)32)5-6-29(10)11/h2-6,14,20H,7-8H2,1H3,(H4-,23,24,25,27,31,32,33,35,36)/b26-13-/t14-,20+/m1/s1. The predicted octanol–water partition coefficient (Wildman–Crippen LogP) is -2.08. The van der Waals surface area contributed by atoms with Gasteiger partial charge in [-0.3, -0.25) is 14.5 Å². The molecule has 0 bridgehead atoms. The molecule has 206 valence electrons. The molecule has 3 aromatic rings. The second kappa shape index (κ2) is 10.6. The smallest absolute Gasteiger partial charge is 0.346 e. The maximum Gasteiger partial charge on any atom is 0.346 e. The van der Waals surface area contributed by atoms with Crippen molar-refractivity contribution in [1.29, 1.82) is 0 Å². The number of carbonyl (C=O) groups excluding carboxylic acids is 3. The molecule has 2 atom stereocenters. The first kappa shape index (κ1) is 27.2. The maximum absolute atomic E-state index is 13.1. The van der Waals surface area contributed by atoms with Crippen LogP contribution in [0, 0.1) is 0 Å². The number of carboxylic acids is 2. The number of amides is 2. The van der Waals surface area contributed by atoms with Crippen molar-refractivity contribution in [2.75, 3.05) is 18.6 Å². The number of nitrogens with one attached hydrogen (secondary N) is 1. The Morgan fingerprint density at radius 1 is 1.40 bits per heavy atom. The van der Waals surface area contributed by atoms with Crippen molar-refractivity contribution in [3.8, 4) is 0 Å². The van der Waals surface area contributed by atoms with Gasteiger partial charge in [-0.2, -0.15) is 13.8 Å². The Balaban J connectivity index is 1.42. The van der Waals surface area contributed by atoms with Crippen LogP contribution in [0.15, 0.2) is 47.0 Å². The summed E-state index contributed by atoms with van der Waals surface area (Å²) in [6.45, 7) is -0.282. The molecule has 40 heavy (non-hydrogen) atoms. The van der Waals surface area contributed by atoms with Gasteiger partial charge in [-0.15, -0.1) is 11.8 Å². The highest BCUT2D eigenvalue weighted by Gasteiger charge is 2.53. The van der Waals surface area contributed by atoms with E-state index in [1.165, 1.54) is 23.4 Å². The van der Waals surface area contributed by atoms with Gasteiger partial charge in [0.15, 0.2) is 17.4 Å². The number of carbonyl (C=O) groups is 4. The summed E-state index contributed by atoms with van der Waals surface area (Å²) in [7, 11) is 1.22. The van der Waals surface area contributed by atoms with Gasteiger partial charge in [0, 0.05) is 28.9 Å². The average Bonchev–Trinajstić information content (AvgIpc) is 3.54.